The lowest BCUT2D eigenvalue weighted by Crippen LogP contribution is -2.20. The molecule has 0 radical (unpaired) electrons. The van der Waals surface area contributed by atoms with Crippen molar-refractivity contribution in [1.29, 1.82) is 0 Å². The van der Waals surface area contributed by atoms with Crippen molar-refractivity contribution in [2.45, 2.75) is 12.8 Å². The molecular formula is C17H17N5O3. The highest BCUT2D eigenvalue weighted by Gasteiger charge is 2.30. The zero-order valence-electron chi connectivity index (χ0n) is 13.8. The second kappa shape index (κ2) is 6.06. The quantitative estimate of drug-likeness (QED) is 0.749. The zero-order chi connectivity index (χ0) is 17.4. The number of methoxy groups -OCH3 is 2. The average molecular weight is 339 g/mol. The first-order valence-electron chi connectivity index (χ1n) is 7.73. The molecule has 8 nitrogen and oxygen atoms in total. The van der Waals surface area contributed by atoms with Gasteiger partial charge in [0.1, 0.15) is 0 Å². The van der Waals surface area contributed by atoms with E-state index in [1.54, 1.807) is 32.8 Å². The molecule has 0 aliphatic carbocycles. The third-order valence-electron chi connectivity index (χ3n) is 4.25. The third-order valence-corrected chi connectivity index (χ3v) is 4.25. The molecule has 4 heterocycles. The maximum absolute atomic E-state index is 10.5. The van der Waals surface area contributed by atoms with E-state index in [0.29, 0.717) is 18.2 Å². The fraction of sp³-hybridized carbons (Fsp3) is 0.235. The summed E-state index contributed by atoms with van der Waals surface area (Å²) in [5.41, 5.74) is 4.00. The number of aliphatic hydroxyl groups is 1. The van der Waals surface area contributed by atoms with Crippen LogP contribution in [0.1, 0.15) is 17.5 Å². The second-order valence-corrected chi connectivity index (χ2v) is 5.63. The van der Waals surface area contributed by atoms with Gasteiger partial charge < -0.3 is 19.5 Å². The molecule has 8 heteroatoms. The molecule has 1 aliphatic heterocycles. The van der Waals surface area contributed by atoms with Gasteiger partial charge in [0.2, 0.25) is 0 Å². The maximum atomic E-state index is 10.5. The molecule has 0 fully saturated rings. The Morgan fingerprint density at radius 1 is 1.24 bits per heavy atom. The van der Waals surface area contributed by atoms with Crippen LogP contribution in [0.4, 0.5) is 5.69 Å². The van der Waals surface area contributed by atoms with E-state index in [1.807, 2.05) is 23.1 Å². The predicted octanol–water partition coefficient (Wildman–Crippen LogP) is 1.89. The fourth-order valence-corrected chi connectivity index (χ4v) is 2.96. The monoisotopic (exact) mass is 339 g/mol. The number of rotatable bonds is 4. The zero-order valence-corrected chi connectivity index (χ0v) is 13.8. The molecule has 1 atom stereocenters. The molecule has 128 valence electrons. The highest BCUT2D eigenvalue weighted by Crippen LogP contribution is 2.36. The third kappa shape index (κ3) is 2.56. The molecule has 0 saturated heterocycles. The van der Waals surface area contributed by atoms with E-state index < -0.39 is 6.23 Å². The molecule has 25 heavy (non-hydrogen) atoms. The van der Waals surface area contributed by atoms with Crippen LogP contribution < -0.4 is 14.4 Å². The number of hydrogen-bond donors (Lipinski definition) is 2. The number of fused-ring (bicyclic) bond motifs is 1. The Hall–Kier alpha value is -3.13. The molecule has 3 aromatic rings. The van der Waals surface area contributed by atoms with Crippen molar-refractivity contribution in [2.24, 2.45) is 0 Å². The van der Waals surface area contributed by atoms with Crippen molar-refractivity contribution in [3.05, 3.63) is 48.0 Å². The van der Waals surface area contributed by atoms with E-state index >= 15 is 0 Å². The number of aromatic amines is 1. The lowest BCUT2D eigenvalue weighted by Gasteiger charge is -2.20. The van der Waals surface area contributed by atoms with Crippen LogP contribution in [0.2, 0.25) is 0 Å². The largest absolute Gasteiger partial charge is 0.491 e. The number of H-pyrrole nitrogens is 1. The highest BCUT2D eigenvalue weighted by atomic mass is 16.5. The van der Waals surface area contributed by atoms with E-state index in [2.05, 4.69) is 15.2 Å². The molecule has 2 N–H and O–H groups in total. The summed E-state index contributed by atoms with van der Waals surface area (Å²) in [6.45, 7) is 0.505. The van der Waals surface area contributed by atoms with Gasteiger partial charge in [0.15, 0.2) is 12.0 Å². The molecule has 3 aromatic heterocycles. The minimum absolute atomic E-state index is 0.425. The first-order valence-corrected chi connectivity index (χ1v) is 7.73. The van der Waals surface area contributed by atoms with Gasteiger partial charge in [-0.15, -0.1) is 0 Å². The summed E-state index contributed by atoms with van der Waals surface area (Å²) >= 11 is 0. The molecule has 0 aromatic carbocycles. The Balaban J connectivity index is 1.69. The molecule has 0 amide bonds. The summed E-state index contributed by atoms with van der Waals surface area (Å²) in [5.74, 6) is 0.969. The van der Waals surface area contributed by atoms with Gasteiger partial charge in [-0.3, -0.25) is 10.1 Å². The normalized spacial score (nSPS) is 16.0. The van der Waals surface area contributed by atoms with E-state index in [9.17, 15) is 5.11 Å². The van der Waals surface area contributed by atoms with E-state index in [1.165, 1.54) is 0 Å². The smallest absolute Gasteiger partial charge is 0.256 e. The number of anilines is 1. The molecule has 0 bridgehead atoms. The Morgan fingerprint density at radius 2 is 2.12 bits per heavy atom. The average Bonchev–Trinajstić information content (AvgIpc) is 3.29. The van der Waals surface area contributed by atoms with Crippen molar-refractivity contribution in [3.8, 4) is 22.9 Å². The van der Waals surface area contributed by atoms with E-state index in [4.69, 9.17) is 14.5 Å². The molecular weight excluding hydrogens is 322 g/mol. The van der Waals surface area contributed by atoms with Crippen LogP contribution in [-0.2, 0) is 6.54 Å². The number of ether oxygens (including phenoxy) is 2. The molecule has 1 aliphatic rings. The van der Waals surface area contributed by atoms with E-state index in [0.717, 1.165) is 28.2 Å². The Labute approximate surface area is 144 Å². The molecule has 4 rings (SSSR count). The van der Waals surface area contributed by atoms with Crippen molar-refractivity contribution in [1.82, 2.24) is 20.2 Å². The maximum Gasteiger partial charge on any atom is 0.256 e. The van der Waals surface area contributed by atoms with Crippen LogP contribution in [0.15, 0.2) is 36.8 Å². The van der Waals surface area contributed by atoms with Crippen LogP contribution >= 0.6 is 0 Å². The SMILES string of the molecule is COc1cc(-c2ccc3c(n2)CN(c2cn[nH]c2)C3O)cnc1OC. The predicted molar refractivity (Wildman–Crippen MR) is 90.3 cm³/mol. The Bertz CT molecular complexity index is 897. The van der Waals surface area contributed by atoms with Gasteiger partial charge in [-0.1, -0.05) is 6.07 Å². The van der Waals surface area contributed by atoms with Crippen molar-refractivity contribution < 1.29 is 14.6 Å². The number of nitrogens with one attached hydrogen (secondary N) is 1. The number of aliphatic hydroxyl groups excluding tert-OH is 1. The summed E-state index contributed by atoms with van der Waals surface area (Å²) in [6, 6.07) is 5.59. The van der Waals surface area contributed by atoms with Gasteiger partial charge >= 0.3 is 0 Å². The van der Waals surface area contributed by atoms with Gasteiger partial charge in [-0.05, 0) is 12.1 Å². The minimum atomic E-state index is -0.738. The van der Waals surface area contributed by atoms with Crippen molar-refractivity contribution >= 4 is 5.69 Å². The van der Waals surface area contributed by atoms with Crippen LogP contribution in [0.5, 0.6) is 11.6 Å². The summed E-state index contributed by atoms with van der Waals surface area (Å²) in [6.07, 6.45) is 4.37. The van der Waals surface area contributed by atoms with Gasteiger partial charge in [-0.25, -0.2) is 4.98 Å². The second-order valence-electron chi connectivity index (χ2n) is 5.63. The van der Waals surface area contributed by atoms with Gasteiger partial charge in [0.25, 0.3) is 5.88 Å². The van der Waals surface area contributed by atoms with Crippen LogP contribution in [-0.4, -0.2) is 39.5 Å². The van der Waals surface area contributed by atoms with Crippen molar-refractivity contribution in [2.75, 3.05) is 19.1 Å². The van der Waals surface area contributed by atoms with Gasteiger partial charge in [-0.2, -0.15) is 5.10 Å². The summed E-state index contributed by atoms with van der Waals surface area (Å²) < 4.78 is 10.5. The minimum Gasteiger partial charge on any atom is -0.491 e. The van der Waals surface area contributed by atoms with Crippen molar-refractivity contribution in [3.63, 3.8) is 0 Å². The number of aromatic nitrogens is 4. The summed E-state index contributed by atoms with van der Waals surface area (Å²) in [7, 11) is 3.11. The Morgan fingerprint density at radius 3 is 2.84 bits per heavy atom. The first kappa shape index (κ1) is 15.4. The van der Waals surface area contributed by atoms with Gasteiger partial charge in [0, 0.05) is 23.5 Å². The highest BCUT2D eigenvalue weighted by molar-refractivity contribution is 5.63. The lowest BCUT2D eigenvalue weighted by molar-refractivity contribution is 0.181. The first-order chi connectivity index (χ1) is 12.2. The standard InChI is InChI=1S/C17H17N5O3/c1-24-15-5-10(6-18-16(15)25-2)13-4-3-12-14(21-13)9-22(17(12)23)11-7-19-20-8-11/h3-8,17,23H,9H2,1-2H3,(H,19,20). The molecule has 1 unspecified atom stereocenters. The van der Waals surface area contributed by atoms with E-state index in [-0.39, 0.29) is 0 Å². The fourth-order valence-electron chi connectivity index (χ4n) is 2.96. The molecule has 0 saturated carbocycles. The number of hydrogen-bond acceptors (Lipinski definition) is 7. The topological polar surface area (TPSA) is 96.4 Å². The van der Waals surface area contributed by atoms with Gasteiger partial charge in [0.05, 0.1) is 44.0 Å². The summed E-state index contributed by atoms with van der Waals surface area (Å²) in [5, 5.41) is 17.2. The summed E-state index contributed by atoms with van der Waals surface area (Å²) in [4.78, 5) is 10.8. The van der Waals surface area contributed by atoms with Crippen LogP contribution in [0.25, 0.3) is 11.3 Å². The Kier molecular flexibility index (Phi) is 3.73. The molecule has 0 spiro atoms. The van der Waals surface area contributed by atoms with Crippen LogP contribution in [0, 0.1) is 0 Å². The number of pyridine rings is 2. The lowest BCUT2D eigenvalue weighted by atomic mass is 10.1. The van der Waals surface area contributed by atoms with Crippen LogP contribution in [0.3, 0.4) is 0 Å². The number of nitrogens with zero attached hydrogens (tertiary/aromatic N) is 4.